The van der Waals surface area contributed by atoms with E-state index in [2.05, 4.69) is 29.7 Å². The average Bonchev–Trinajstić information content (AvgIpc) is 3.17. The molecule has 0 N–H and O–H groups in total. The smallest absolute Gasteiger partial charge is 0.270 e. The standard InChI is InChI=1S/C16H20N4O4Si/c1-25(2,3)7-6-23-11-19-14-5-4-12(20(21)22)8-13(14)16(18-19)15-9-17-10-24-15/h4-5,8-10H,6-7,11H2,1-3H3. The van der Waals surface area contributed by atoms with E-state index in [4.69, 9.17) is 9.15 Å². The summed E-state index contributed by atoms with van der Waals surface area (Å²) in [7, 11) is -1.16. The van der Waals surface area contributed by atoms with Gasteiger partial charge in [0, 0.05) is 32.2 Å². The SMILES string of the molecule is C[Si](C)(C)CCOCn1nc(-c2cnco2)c2cc([N+](=O)[O-])ccc21. The Bertz CT molecular complexity index is 884. The van der Waals surface area contributed by atoms with E-state index in [0.29, 0.717) is 23.4 Å². The van der Waals surface area contributed by atoms with E-state index in [1.165, 1.54) is 24.7 Å². The van der Waals surface area contributed by atoms with Gasteiger partial charge in [-0.1, -0.05) is 19.6 Å². The predicted octanol–water partition coefficient (Wildman–Crippen LogP) is 3.91. The van der Waals surface area contributed by atoms with Crippen molar-refractivity contribution in [1.29, 1.82) is 0 Å². The van der Waals surface area contributed by atoms with Crippen LogP contribution >= 0.6 is 0 Å². The fraction of sp³-hybridized carbons (Fsp3) is 0.375. The number of non-ortho nitro benzene ring substituents is 1. The van der Waals surface area contributed by atoms with Gasteiger partial charge in [-0.2, -0.15) is 5.10 Å². The lowest BCUT2D eigenvalue weighted by atomic mass is 10.1. The van der Waals surface area contributed by atoms with E-state index in [0.717, 1.165) is 11.6 Å². The van der Waals surface area contributed by atoms with Crippen molar-refractivity contribution in [3.05, 3.63) is 40.9 Å². The number of nitrogens with zero attached hydrogens (tertiary/aromatic N) is 4. The third-order valence-corrected chi connectivity index (χ3v) is 5.52. The Labute approximate surface area is 145 Å². The lowest BCUT2D eigenvalue weighted by Gasteiger charge is -2.15. The van der Waals surface area contributed by atoms with Crippen LogP contribution in [-0.2, 0) is 11.5 Å². The van der Waals surface area contributed by atoms with E-state index in [1.54, 1.807) is 10.7 Å². The average molecular weight is 360 g/mol. The highest BCUT2D eigenvalue weighted by molar-refractivity contribution is 6.76. The first-order valence-electron chi connectivity index (χ1n) is 7.97. The molecule has 3 rings (SSSR count). The highest BCUT2D eigenvalue weighted by Gasteiger charge is 2.18. The van der Waals surface area contributed by atoms with Gasteiger partial charge in [0.25, 0.3) is 5.69 Å². The summed E-state index contributed by atoms with van der Waals surface area (Å²) >= 11 is 0. The van der Waals surface area contributed by atoms with E-state index >= 15 is 0 Å². The van der Waals surface area contributed by atoms with Crippen molar-refractivity contribution in [2.45, 2.75) is 32.4 Å². The summed E-state index contributed by atoms with van der Waals surface area (Å²) in [4.78, 5) is 14.5. The molecule has 0 amide bonds. The number of hydrogen-bond acceptors (Lipinski definition) is 6. The number of nitro groups is 1. The maximum Gasteiger partial charge on any atom is 0.270 e. The number of hydrogen-bond donors (Lipinski definition) is 0. The zero-order valence-electron chi connectivity index (χ0n) is 14.4. The largest absolute Gasteiger partial charge is 0.442 e. The molecule has 0 atom stereocenters. The second kappa shape index (κ2) is 6.77. The second-order valence-electron chi connectivity index (χ2n) is 7.02. The van der Waals surface area contributed by atoms with Crippen LogP contribution in [0.25, 0.3) is 22.4 Å². The van der Waals surface area contributed by atoms with E-state index < -0.39 is 13.0 Å². The third-order valence-electron chi connectivity index (χ3n) is 3.82. The molecule has 132 valence electrons. The molecule has 25 heavy (non-hydrogen) atoms. The summed E-state index contributed by atoms with van der Waals surface area (Å²) in [5.41, 5.74) is 1.28. The van der Waals surface area contributed by atoms with E-state index in [-0.39, 0.29) is 12.4 Å². The summed E-state index contributed by atoms with van der Waals surface area (Å²) < 4.78 is 12.8. The van der Waals surface area contributed by atoms with Crippen LogP contribution in [0.3, 0.4) is 0 Å². The number of rotatable bonds is 7. The van der Waals surface area contributed by atoms with Crippen LogP contribution in [0.2, 0.25) is 25.7 Å². The van der Waals surface area contributed by atoms with Crippen LogP contribution in [0.5, 0.6) is 0 Å². The molecule has 0 aliphatic heterocycles. The molecule has 2 heterocycles. The molecule has 0 spiro atoms. The Kier molecular flexibility index (Phi) is 4.68. The van der Waals surface area contributed by atoms with Crippen molar-refractivity contribution < 1.29 is 14.1 Å². The normalized spacial score (nSPS) is 12.0. The molecular formula is C16H20N4O4Si. The van der Waals surface area contributed by atoms with Crippen molar-refractivity contribution in [2.75, 3.05) is 6.61 Å². The molecule has 0 bridgehead atoms. The van der Waals surface area contributed by atoms with Crippen LogP contribution in [0.1, 0.15) is 0 Å². The monoisotopic (exact) mass is 360 g/mol. The highest BCUT2D eigenvalue weighted by Crippen LogP contribution is 2.30. The zero-order chi connectivity index (χ0) is 18.0. The quantitative estimate of drug-likeness (QED) is 0.274. The molecule has 0 saturated carbocycles. The minimum absolute atomic E-state index is 0.00691. The van der Waals surface area contributed by atoms with Gasteiger partial charge in [0.1, 0.15) is 12.4 Å². The van der Waals surface area contributed by atoms with Gasteiger partial charge in [0.2, 0.25) is 0 Å². The summed E-state index contributed by atoms with van der Waals surface area (Å²) in [6.45, 7) is 7.83. The summed E-state index contributed by atoms with van der Waals surface area (Å²) in [5.74, 6) is 0.464. The van der Waals surface area contributed by atoms with Crippen LogP contribution in [-0.4, -0.2) is 34.4 Å². The van der Waals surface area contributed by atoms with Gasteiger partial charge in [0.15, 0.2) is 12.2 Å². The van der Waals surface area contributed by atoms with Gasteiger partial charge in [-0.3, -0.25) is 10.1 Å². The lowest BCUT2D eigenvalue weighted by molar-refractivity contribution is -0.384. The molecule has 2 aromatic heterocycles. The van der Waals surface area contributed by atoms with Crippen molar-refractivity contribution in [2.24, 2.45) is 0 Å². The first-order valence-corrected chi connectivity index (χ1v) is 11.7. The molecule has 9 heteroatoms. The number of oxazole rings is 1. The Hall–Kier alpha value is -2.52. The van der Waals surface area contributed by atoms with E-state index in [1.807, 2.05) is 0 Å². The molecule has 0 radical (unpaired) electrons. The van der Waals surface area contributed by atoms with Gasteiger partial charge in [-0.25, -0.2) is 9.67 Å². The Morgan fingerprint density at radius 2 is 2.16 bits per heavy atom. The third kappa shape index (κ3) is 3.94. The van der Waals surface area contributed by atoms with Gasteiger partial charge in [0.05, 0.1) is 16.6 Å². The summed E-state index contributed by atoms with van der Waals surface area (Å²) in [6, 6.07) is 5.71. The van der Waals surface area contributed by atoms with Gasteiger partial charge < -0.3 is 9.15 Å². The van der Waals surface area contributed by atoms with Gasteiger partial charge >= 0.3 is 0 Å². The molecule has 0 fully saturated rings. The second-order valence-corrected chi connectivity index (χ2v) is 12.6. The van der Waals surface area contributed by atoms with Crippen molar-refractivity contribution in [1.82, 2.24) is 14.8 Å². The minimum atomic E-state index is -1.16. The molecule has 0 unspecified atom stereocenters. The van der Waals surface area contributed by atoms with Crippen LogP contribution < -0.4 is 0 Å². The first-order chi connectivity index (χ1) is 11.8. The highest BCUT2D eigenvalue weighted by atomic mass is 28.3. The predicted molar refractivity (Wildman–Crippen MR) is 96.0 cm³/mol. The first kappa shape index (κ1) is 17.3. The molecule has 0 saturated heterocycles. The number of nitro benzene ring substituents is 1. The topological polar surface area (TPSA) is 96.2 Å². The molecular weight excluding hydrogens is 340 g/mol. The molecule has 1 aromatic carbocycles. The number of aromatic nitrogens is 3. The maximum atomic E-state index is 11.1. The summed E-state index contributed by atoms with van der Waals surface area (Å²) in [6.07, 6.45) is 2.85. The lowest BCUT2D eigenvalue weighted by Crippen LogP contribution is -2.22. The molecule has 0 aliphatic rings. The Morgan fingerprint density at radius 1 is 1.36 bits per heavy atom. The van der Waals surface area contributed by atoms with Crippen molar-refractivity contribution in [3.8, 4) is 11.5 Å². The van der Waals surface area contributed by atoms with Crippen molar-refractivity contribution >= 4 is 24.7 Å². The van der Waals surface area contributed by atoms with Crippen LogP contribution in [0, 0.1) is 10.1 Å². The van der Waals surface area contributed by atoms with E-state index in [9.17, 15) is 10.1 Å². The van der Waals surface area contributed by atoms with Crippen LogP contribution in [0.15, 0.2) is 35.2 Å². The van der Waals surface area contributed by atoms with Gasteiger partial charge in [-0.05, 0) is 12.1 Å². The van der Waals surface area contributed by atoms with Crippen LogP contribution in [0.4, 0.5) is 5.69 Å². The number of ether oxygens (including phenoxy) is 1. The minimum Gasteiger partial charge on any atom is -0.442 e. The zero-order valence-corrected chi connectivity index (χ0v) is 15.4. The fourth-order valence-electron chi connectivity index (χ4n) is 2.42. The Balaban J connectivity index is 1.92. The Morgan fingerprint density at radius 3 is 2.80 bits per heavy atom. The van der Waals surface area contributed by atoms with Crippen molar-refractivity contribution in [3.63, 3.8) is 0 Å². The number of benzene rings is 1. The molecule has 3 aromatic rings. The maximum absolute atomic E-state index is 11.1. The fourth-order valence-corrected chi connectivity index (χ4v) is 3.18. The number of fused-ring (bicyclic) bond motifs is 1. The molecule has 8 nitrogen and oxygen atoms in total. The summed E-state index contributed by atoms with van der Waals surface area (Å²) in [5, 5.41) is 16.2. The molecule has 0 aliphatic carbocycles. The van der Waals surface area contributed by atoms with Gasteiger partial charge in [-0.15, -0.1) is 0 Å².